The maximum Gasteiger partial charge on any atom is 0.233 e. The first-order chi connectivity index (χ1) is 11.6. The molecule has 1 N–H and O–H groups in total. The van der Waals surface area contributed by atoms with Crippen molar-refractivity contribution in [1.82, 2.24) is 4.90 Å². The van der Waals surface area contributed by atoms with Gasteiger partial charge in [-0.25, -0.2) is 0 Å². The van der Waals surface area contributed by atoms with E-state index in [9.17, 15) is 14.4 Å². The predicted molar refractivity (Wildman–Crippen MR) is 88.7 cm³/mol. The second-order valence-electron chi connectivity index (χ2n) is 6.83. The molecule has 1 aliphatic heterocycles. The van der Waals surface area contributed by atoms with Crippen molar-refractivity contribution in [3.63, 3.8) is 0 Å². The summed E-state index contributed by atoms with van der Waals surface area (Å²) >= 11 is 0. The fourth-order valence-electron chi connectivity index (χ4n) is 4.31. The van der Waals surface area contributed by atoms with Gasteiger partial charge in [-0.3, -0.25) is 19.3 Å². The van der Waals surface area contributed by atoms with Gasteiger partial charge in [0.15, 0.2) is 0 Å². The fourth-order valence-corrected chi connectivity index (χ4v) is 4.31. The van der Waals surface area contributed by atoms with Crippen molar-refractivity contribution in [2.24, 2.45) is 23.7 Å². The van der Waals surface area contributed by atoms with Crippen LogP contribution in [0.5, 0.6) is 0 Å². The molecule has 3 aliphatic carbocycles. The second kappa shape index (κ2) is 5.89. The number of rotatable bonds is 4. The Morgan fingerprint density at radius 2 is 1.58 bits per heavy atom. The van der Waals surface area contributed by atoms with Gasteiger partial charge in [0.2, 0.25) is 17.7 Å². The molecule has 5 nitrogen and oxygen atoms in total. The molecule has 0 unspecified atom stereocenters. The second-order valence-corrected chi connectivity index (χ2v) is 6.83. The summed E-state index contributed by atoms with van der Waals surface area (Å²) in [6, 6.07) is 9.18. The van der Waals surface area contributed by atoms with Crippen LogP contribution in [0.25, 0.3) is 0 Å². The van der Waals surface area contributed by atoms with Gasteiger partial charge < -0.3 is 5.32 Å². The molecule has 124 valence electrons. The van der Waals surface area contributed by atoms with Crippen molar-refractivity contribution in [3.8, 4) is 0 Å². The lowest BCUT2D eigenvalue weighted by molar-refractivity contribution is -0.140. The van der Waals surface area contributed by atoms with Crippen molar-refractivity contribution in [2.75, 3.05) is 11.9 Å². The molecule has 5 heteroatoms. The number of nitrogens with one attached hydrogen (secondary N) is 1. The standard InChI is InChI=1S/C19H20N2O3/c22-15(20-14-4-2-1-3-5-14)10-11-21-18(23)16-12-6-7-13(9-8-12)17(16)19(21)24/h1-7,12-13,16-17H,8-11H2,(H,20,22)/t12-,13-,16-,17+/m0/s1. The lowest BCUT2D eigenvalue weighted by atomic mass is 9.63. The summed E-state index contributed by atoms with van der Waals surface area (Å²) in [6.07, 6.45) is 6.32. The molecule has 0 spiro atoms. The minimum atomic E-state index is -0.196. The van der Waals surface area contributed by atoms with Gasteiger partial charge in [-0.1, -0.05) is 30.4 Å². The number of hydrogen-bond donors (Lipinski definition) is 1. The van der Waals surface area contributed by atoms with Crippen molar-refractivity contribution in [3.05, 3.63) is 42.5 Å². The molecular formula is C19H20N2O3. The molecule has 4 aliphatic rings. The van der Waals surface area contributed by atoms with Crippen LogP contribution in [0, 0.1) is 23.7 Å². The van der Waals surface area contributed by atoms with Crippen LogP contribution in [0.3, 0.4) is 0 Å². The van der Waals surface area contributed by atoms with E-state index in [4.69, 9.17) is 0 Å². The first kappa shape index (κ1) is 15.1. The van der Waals surface area contributed by atoms with Crippen LogP contribution in [0.2, 0.25) is 0 Å². The van der Waals surface area contributed by atoms with Crippen LogP contribution in [0.15, 0.2) is 42.5 Å². The van der Waals surface area contributed by atoms with Crippen LogP contribution < -0.4 is 5.32 Å². The lowest BCUT2D eigenvalue weighted by Crippen LogP contribution is -2.38. The van der Waals surface area contributed by atoms with Gasteiger partial charge in [0.05, 0.1) is 11.8 Å². The molecular weight excluding hydrogens is 304 g/mol. The van der Waals surface area contributed by atoms with Crippen molar-refractivity contribution < 1.29 is 14.4 Å². The Morgan fingerprint density at radius 1 is 1.00 bits per heavy atom. The zero-order valence-electron chi connectivity index (χ0n) is 13.4. The third-order valence-corrected chi connectivity index (χ3v) is 5.47. The summed E-state index contributed by atoms with van der Waals surface area (Å²) < 4.78 is 0. The van der Waals surface area contributed by atoms with E-state index in [-0.39, 0.29) is 54.4 Å². The van der Waals surface area contributed by atoms with Gasteiger partial charge in [-0.05, 0) is 36.8 Å². The molecule has 2 bridgehead atoms. The number of amides is 3. The Balaban J connectivity index is 1.40. The summed E-state index contributed by atoms with van der Waals surface area (Å²) in [7, 11) is 0. The molecule has 1 aromatic rings. The smallest absolute Gasteiger partial charge is 0.233 e. The van der Waals surface area contributed by atoms with Crippen molar-refractivity contribution >= 4 is 23.4 Å². The van der Waals surface area contributed by atoms with E-state index in [1.54, 1.807) is 0 Å². The first-order valence-electron chi connectivity index (χ1n) is 8.53. The Morgan fingerprint density at radius 3 is 2.12 bits per heavy atom. The Kier molecular flexibility index (Phi) is 3.71. The van der Waals surface area contributed by atoms with Crippen LogP contribution >= 0.6 is 0 Å². The molecule has 1 heterocycles. The summed E-state index contributed by atoms with van der Waals surface area (Å²) in [5, 5.41) is 2.79. The summed E-state index contributed by atoms with van der Waals surface area (Å²) in [5.74, 6) is -0.359. The highest BCUT2D eigenvalue weighted by Crippen LogP contribution is 2.49. The minimum absolute atomic E-state index is 0.0865. The molecule has 3 amide bonds. The van der Waals surface area contributed by atoms with Gasteiger partial charge in [-0.15, -0.1) is 0 Å². The highest BCUT2D eigenvalue weighted by atomic mass is 16.2. The maximum atomic E-state index is 12.7. The monoisotopic (exact) mass is 324 g/mol. The van der Waals surface area contributed by atoms with E-state index in [1.165, 1.54) is 4.90 Å². The zero-order valence-corrected chi connectivity index (χ0v) is 13.4. The quantitative estimate of drug-likeness (QED) is 0.682. The average molecular weight is 324 g/mol. The molecule has 24 heavy (non-hydrogen) atoms. The number of carbonyl (C=O) groups is 3. The van der Waals surface area contributed by atoms with Gasteiger partial charge >= 0.3 is 0 Å². The van der Waals surface area contributed by atoms with Crippen LogP contribution in [0.4, 0.5) is 5.69 Å². The minimum Gasteiger partial charge on any atom is -0.326 e. The van der Waals surface area contributed by atoms with Crippen molar-refractivity contribution in [1.29, 1.82) is 0 Å². The molecule has 1 saturated heterocycles. The molecule has 0 radical (unpaired) electrons. The van der Waals surface area contributed by atoms with E-state index in [0.29, 0.717) is 0 Å². The fraction of sp³-hybridized carbons (Fsp3) is 0.421. The number of fused-ring (bicyclic) bond motifs is 1. The number of nitrogens with zero attached hydrogens (tertiary/aromatic N) is 1. The molecule has 2 fully saturated rings. The topological polar surface area (TPSA) is 66.5 Å². The van der Waals surface area contributed by atoms with E-state index in [1.807, 2.05) is 30.3 Å². The SMILES string of the molecule is O=C(CCN1C(=O)[C@@H]2[C@H](C1=O)[C@H]1C=C[C@H]2CC1)Nc1ccccc1. The number of imide groups is 1. The summed E-state index contributed by atoms with van der Waals surface area (Å²) in [5.41, 5.74) is 0.720. The van der Waals surface area contributed by atoms with Crippen LogP contribution in [0.1, 0.15) is 19.3 Å². The number of para-hydroxylation sites is 1. The number of hydrogen-bond acceptors (Lipinski definition) is 3. The van der Waals surface area contributed by atoms with Crippen LogP contribution in [-0.2, 0) is 14.4 Å². The van der Waals surface area contributed by atoms with E-state index in [2.05, 4.69) is 17.5 Å². The molecule has 1 aromatic carbocycles. The maximum absolute atomic E-state index is 12.7. The Labute approximate surface area is 140 Å². The summed E-state index contributed by atoms with van der Waals surface area (Å²) in [4.78, 5) is 38.7. The number of carbonyl (C=O) groups excluding carboxylic acids is 3. The highest BCUT2D eigenvalue weighted by Gasteiger charge is 2.56. The van der Waals surface area contributed by atoms with Gasteiger partial charge in [0, 0.05) is 18.7 Å². The van der Waals surface area contributed by atoms with Crippen LogP contribution in [-0.4, -0.2) is 29.2 Å². The molecule has 4 atom stereocenters. The molecule has 0 aromatic heterocycles. The van der Waals surface area contributed by atoms with E-state index in [0.717, 1.165) is 18.5 Å². The average Bonchev–Trinajstić information content (AvgIpc) is 2.88. The lowest BCUT2D eigenvalue weighted by Gasteiger charge is -2.38. The van der Waals surface area contributed by atoms with E-state index >= 15 is 0 Å². The normalized spacial score (nSPS) is 30.6. The first-order valence-corrected chi connectivity index (χ1v) is 8.53. The van der Waals surface area contributed by atoms with Gasteiger partial charge in [-0.2, -0.15) is 0 Å². The Hall–Kier alpha value is -2.43. The summed E-state index contributed by atoms with van der Waals surface area (Å²) in [6.45, 7) is 0.169. The third-order valence-electron chi connectivity index (χ3n) is 5.47. The largest absolute Gasteiger partial charge is 0.326 e. The predicted octanol–water partition coefficient (Wildman–Crippen LogP) is 2.21. The Bertz CT molecular complexity index is 681. The highest BCUT2D eigenvalue weighted by molar-refractivity contribution is 6.06. The van der Waals surface area contributed by atoms with Gasteiger partial charge in [0.1, 0.15) is 0 Å². The number of benzene rings is 1. The van der Waals surface area contributed by atoms with Gasteiger partial charge in [0.25, 0.3) is 0 Å². The number of anilines is 1. The number of likely N-dealkylation sites (tertiary alicyclic amines) is 1. The number of allylic oxidation sites excluding steroid dienone is 2. The molecule has 5 rings (SSSR count). The third kappa shape index (κ3) is 2.44. The zero-order chi connectivity index (χ0) is 16.7. The van der Waals surface area contributed by atoms with E-state index < -0.39 is 0 Å². The molecule has 1 saturated carbocycles. The van der Waals surface area contributed by atoms with Crippen molar-refractivity contribution in [2.45, 2.75) is 19.3 Å².